The van der Waals surface area contributed by atoms with Gasteiger partial charge in [0, 0.05) is 6.20 Å². The van der Waals surface area contributed by atoms with E-state index in [-0.39, 0.29) is 11.1 Å². The number of methoxy groups -OCH3 is 2. The maximum Gasteiger partial charge on any atom is 0.337 e. The van der Waals surface area contributed by atoms with Gasteiger partial charge in [0.25, 0.3) is 5.56 Å². The second kappa shape index (κ2) is 14.0. The van der Waals surface area contributed by atoms with Crippen LogP contribution in [-0.2, 0) is 16.1 Å². The Hall–Kier alpha value is -5.35. The van der Waals surface area contributed by atoms with Gasteiger partial charge in [-0.05, 0) is 71.7 Å². The minimum atomic E-state index is -0.782. The minimum Gasteiger partial charge on any atom is -0.493 e. The highest BCUT2D eigenvalue weighted by molar-refractivity contribution is 7.07. The van der Waals surface area contributed by atoms with Crippen LogP contribution in [0.3, 0.4) is 0 Å². The average Bonchev–Trinajstić information content (AvgIpc) is 3.42. The lowest BCUT2D eigenvalue weighted by molar-refractivity contribution is -0.136. The topological polar surface area (TPSA) is 97.6 Å². The van der Waals surface area contributed by atoms with Crippen molar-refractivity contribution in [2.75, 3.05) is 27.4 Å². The van der Waals surface area contributed by atoms with E-state index in [1.165, 1.54) is 29.2 Å². The number of esters is 1. The zero-order chi connectivity index (χ0) is 32.9. The number of hydrogen-bond acceptors (Lipinski definition) is 9. The summed E-state index contributed by atoms with van der Waals surface area (Å²) in [4.78, 5) is 31.8. The van der Waals surface area contributed by atoms with E-state index < -0.39 is 12.0 Å². The van der Waals surface area contributed by atoms with Gasteiger partial charge in [0.05, 0.1) is 43.6 Å². The Labute approximate surface area is 275 Å². The van der Waals surface area contributed by atoms with Crippen LogP contribution in [-0.4, -0.2) is 38.0 Å². The van der Waals surface area contributed by atoms with Crippen molar-refractivity contribution >= 4 is 34.2 Å². The molecule has 9 nitrogen and oxygen atoms in total. The van der Waals surface area contributed by atoms with Gasteiger partial charge in [-0.1, -0.05) is 65.9 Å². The summed E-state index contributed by atoms with van der Waals surface area (Å²) < 4.78 is 30.5. The Bertz CT molecular complexity index is 2160. The number of ether oxygens (including phenoxy) is 5. The summed E-state index contributed by atoms with van der Waals surface area (Å²) in [5, 5.41) is 2.28. The van der Waals surface area contributed by atoms with Crippen molar-refractivity contribution in [2.24, 2.45) is 4.99 Å². The van der Waals surface area contributed by atoms with Crippen molar-refractivity contribution in [1.29, 1.82) is 0 Å². The second-order valence-electron chi connectivity index (χ2n) is 10.6. The van der Waals surface area contributed by atoms with Crippen LogP contribution in [0.4, 0.5) is 0 Å². The predicted octanol–water partition coefficient (Wildman–Crippen LogP) is 5.56. The fourth-order valence-corrected chi connectivity index (χ4v) is 6.58. The zero-order valence-electron chi connectivity index (χ0n) is 26.5. The Morgan fingerprint density at radius 2 is 1.62 bits per heavy atom. The molecule has 240 valence electrons. The van der Waals surface area contributed by atoms with Gasteiger partial charge in [-0.15, -0.1) is 0 Å². The highest BCUT2D eigenvalue weighted by Crippen LogP contribution is 2.35. The smallest absolute Gasteiger partial charge is 0.337 e. The number of carbonyl (C=O) groups is 1. The van der Waals surface area contributed by atoms with E-state index in [1.54, 1.807) is 25.3 Å². The van der Waals surface area contributed by atoms with E-state index in [9.17, 15) is 9.59 Å². The number of thiazole rings is 1. The first-order valence-electron chi connectivity index (χ1n) is 15.2. The molecule has 0 radical (unpaired) electrons. The monoisotopic (exact) mass is 650 g/mol. The van der Waals surface area contributed by atoms with Crippen LogP contribution in [0.25, 0.3) is 16.8 Å². The molecular weight excluding hydrogens is 616 g/mol. The van der Waals surface area contributed by atoms with Crippen LogP contribution in [0.2, 0.25) is 0 Å². The summed E-state index contributed by atoms with van der Waals surface area (Å²) in [5.74, 6) is 1.64. The Morgan fingerprint density at radius 3 is 2.40 bits per heavy atom. The molecule has 0 aliphatic carbocycles. The maximum atomic E-state index is 14.0. The van der Waals surface area contributed by atoms with Crippen LogP contribution < -0.4 is 33.8 Å². The van der Waals surface area contributed by atoms with Crippen molar-refractivity contribution < 1.29 is 28.5 Å². The van der Waals surface area contributed by atoms with Gasteiger partial charge in [0.1, 0.15) is 6.61 Å². The van der Waals surface area contributed by atoms with E-state index in [1.807, 2.05) is 62.4 Å². The molecule has 1 aromatic heterocycles. The third-order valence-corrected chi connectivity index (χ3v) is 8.75. The largest absolute Gasteiger partial charge is 0.493 e. The molecule has 1 atom stereocenters. The van der Waals surface area contributed by atoms with E-state index in [0.717, 1.165) is 21.9 Å². The Balaban J connectivity index is 1.35. The van der Waals surface area contributed by atoms with Gasteiger partial charge in [0.15, 0.2) is 27.8 Å². The predicted molar refractivity (Wildman–Crippen MR) is 181 cm³/mol. The molecule has 5 aromatic rings. The molecule has 0 saturated heterocycles. The zero-order valence-corrected chi connectivity index (χ0v) is 27.3. The first-order chi connectivity index (χ1) is 22.9. The lowest BCUT2D eigenvalue weighted by Gasteiger charge is -2.23. The van der Waals surface area contributed by atoms with E-state index >= 15 is 0 Å². The van der Waals surface area contributed by atoms with Crippen LogP contribution in [0.15, 0.2) is 100 Å². The molecule has 1 aliphatic heterocycles. The number of aromatic nitrogens is 1. The van der Waals surface area contributed by atoms with Crippen molar-refractivity contribution in [3.05, 3.63) is 127 Å². The van der Waals surface area contributed by atoms with E-state index in [4.69, 9.17) is 23.7 Å². The summed E-state index contributed by atoms with van der Waals surface area (Å²) in [5.41, 5.74) is 2.40. The number of carbonyl (C=O) groups excluding carboxylic acids is 1. The molecule has 0 N–H and O–H groups in total. The molecule has 47 heavy (non-hydrogen) atoms. The molecular formula is C37H34N2O7S. The number of benzene rings is 4. The standard InChI is InChI=1S/C37H34N2O7S/c1-5-44-30-17-15-25(20-32(30)45-6-2)34-28(36(41)43-4)21-38-37-39(34)35(40)33(47-37)19-23-14-16-29(31(18-23)42-3)46-22-26-12-9-11-24-10-7-8-13-27(24)26/h7-21,34H,5-6,22H2,1-4H3/b33-19-/t34-/m1/s1. The molecule has 10 heteroatoms. The third-order valence-electron chi connectivity index (χ3n) is 7.76. The average molecular weight is 651 g/mol. The normalized spacial score (nSPS) is 14.2. The molecule has 0 unspecified atom stereocenters. The quantitative estimate of drug-likeness (QED) is 0.173. The highest BCUT2D eigenvalue weighted by atomic mass is 32.1. The first kappa shape index (κ1) is 31.6. The van der Waals surface area contributed by atoms with Gasteiger partial charge in [-0.2, -0.15) is 0 Å². The third kappa shape index (κ3) is 6.37. The second-order valence-corrected chi connectivity index (χ2v) is 11.6. The maximum absolute atomic E-state index is 14.0. The van der Waals surface area contributed by atoms with Crippen molar-refractivity contribution in [1.82, 2.24) is 4.57 Å². The van der Waals surface area contributed by atoms with Crippen LogP contribution in [0, 0.1) is 0 Å². The molecule has 0 bridgehead atoms. The van der Waals surface area contributed by atoms with Crippen molar-refractivity contribution in [3.63, 3.8) is 0 Å². The molecule has 1 aliphatic rings. The summed E-state index contributed by atoms with van der Waals surface area (Å²) >= 11 is 1.23. The van der Waals surface area contributed by atoms with Crippen LogP contribution in [0.5, 0.6) is 23.0 Å². The fourth-order valence-electron chi connectivity index (χ4n) is 5.61. The fraction of sp³-hybridized carbons (Fsp3) is 0.216. The van der Waals surface area contributed by atoms with Gasteiger partial charge >= 0.3 is 5.97 Å². The highest BCUT2D eigenvalue weighted by Gasteiger charge is 2.31. The molecule has 0 spiro atoms. The summed E-state index contributed by atoms with van der Waals surface area (Å²) in [6, 6.07) is 24.5. The summed E-state index contributed by atoms with van der Waals surface area (Å²) in [6.45, 7) is 5.02. The number of fused-ring (bicyclic) bond motifs is 2. The molecule has 4 aromatic carbocycles. The first-order valence-corrected chi connectivity index (χ1v) is 16.0. The van der Waals surface area contributed by atoms with Gasteiger partial charge in [-0.25, -0.2) is 9.79 Å². The Kier molecular flexibility index (Phi) is 9.40. The van der Waals surface area contributed by atoms with Crippen LogP contribution >= 0.6 is 11.3 Å². The minimum absolute atomic E-state index is 0.229. The number of hydrogen-bond donors (Lipinski definition) is 0. The molecule has 6 rings (SSSR count). The lowest BCUT2D eigenvalue weighted by Crippen LogP contribution is -2.39. The number of rotatable bonds is 11. The van der Waals surface area contributed by atoms with Gasteiger partial charge in [0.2, 0.25) is 0 Å². The number of nitrogens with zero attached hydrogens (tertiary/aromatic N) is 2. The van der Waals surface area contributed by atoms with Gasteiger partial charge in [-0.3, -0.25) is 9.36 Å². The Morgan fingerprint density at radius 1 is 0.872 bits per heavy atom. The molecule has 0 amide bonds. The van der Waals surface area contributed by atoms with E-state index in [2.05, 4.69) is 23.2 Å². The van der Waals surface area contributed by atoms with Crippen molar-refractivity contribution in [2.45, 2.75) is 26.5 Å². The SMILES string of the molecule is CCOc1ccc([C@@H]2C(C(=O)OC)=CN=c3s/c(=C\c4ccc(OCc5cccc6ccccc56)c(OC)c4)c(=O)n32)cc1OCC. The van der Waals surface area contributed by atoms with Crippen LogP contribution in [0.1, 0.15) is 36.6 Å². The summed E-state index contributed by atoms with van der Waals surface area (Å²) in [7, 11) is 2.89. The van der Waals surface area contributed by atoms with Gasteiger partial charge < -0.3 is 23.7 Å². The molecule has 2 heterocycles. The lowest BCUT2D eigenvalue weighted by atomic mass is 9.97. The summed E-state index contributed by atoms with van der Waals surface area (Å²) in [6.07, 6.45) is 3.25. The molecule has 0 saturated carbocycles. The van der Waals surface area contributed by atoms with Crippen molar-refractivity contribution in [3.8, 4) is 23.0 Å². The molecule has 0 fully saturated rings. The van der Waals surface area contributed by atoms with E-state index in [0.29, 0.717) is 57.7 Å².